The summed E-state index contributed by atoms with van der Waals surface area (Å²) >= 11 is 5.59. The number of aliphatic imine (C=N–C) groups is 1. The van der Waals surface area contributed by atoms with E-state index in [0.717, 1.165) is 29.4 Å². The molecule has 0 saturated carbocycles. The SMILES string of the molecule is C=C/N=C(/Cl)N(C)NS(=O)(=O)c1c(F)cccc1F. The third-order valence-corrected chi connectivity index (χ3v) is 3.71. The lowest BCUT2D eigenvalue weighted by molar-refractivity contribution is 0.442. The number of hydrogen-bond acceptors (Lipinski definition) is 3. The molecule has 1 aromatic rings. The number of rotatable bonds is 4. The molecular formula is C10H10ClF2N3O2S. The molecule has 1 aromatic carbocycles. The van der Waals surface area contributed by atoms with Gasteiger partial charge in [0.2, 0.25) is 5.29 Å². The minimum absolute atomic E-state index is 0.268. The van der Waals surface area contributed by atoms with E-state index in [2.05, 4.69) is 11.6 Å². The van der Waals surface area contributed by atoms with Crippen molar-refractivity contribution < 1.29 is 17.2 Å². The molecular weight excluding hydrogens is 300 g/mol. The first-order valence-electron chi connectivity index (χ1n) is 4.84. The molecule has 0 aromatic heterocycles. The molecule has 0 amide bonds. The van der Waals surface area contributed by atoms with Gasteiger partial charge in [-0.2, -0.15) is 0 Å². The molecule has 0 fully saturated rings. The Morgan fingerprint density at radius 2 is 2.00 bits per heavy atom. The third kappa shape index (κ3) is 3.72. The van der Waals surface area contributed by atoms with Crippen molar-refractivity contribution in [2.75, 3.05) is 7.05 Å². The number of hydrogen-bond donors (Lipinski definition) is 1. The molecule has 19 heavy (non-hydrogen) atoms. The van der Waals surface area contributed by atoms with Gasteiger partial charge in [-0.3, -0.25) is 5.01 Å². The van der Waals surface area contributed by atoms with Gasteiger partial charge < -0.3 is 0 Å². The summed E-state index contributed by atoms with van der Waals surface area (Å²) in [6.45, 7) is 3.27. The maximum Gasteiger partial charge on any atom is 0.263 e. The highest BCUT2D eigenvalue weighted by Crippen LogP contribution is 2.18. The van der Waals surface area contributed by atoms with Gasteiger partial charge >= 0.3 is 0 Å². The Kier molecular flexibility index (Phi) is 4.98. The predicted octanol–water partition coefficient (Wildman–Crippen LogP) is 1.83. The van der Waals surface area contributed by atoms with E-state index in [0.29, 0.717) is 0 Å². The summed E-state index contributed by atoms with van der Waals surface area (Å²) in [7, 11) is -3.24. The van der Waals surface area contributed by atoms with Gasteiger partial charge in [0.15, 0.2) is 4.90 Å². The smallest absolute Gasteiger partial charge is 0.263 e. The molecule has 1 rings (SSSR count). The lowest BCUT2D eigenvalue weighted by Gasteiger charge is -2.18. The summed E-state index contributed by atoms with van der Waals surface area (Å²) in [6.07, 6.45) is 1.08. The Labute approximate surface area is 114 Å². The Hall–Kier alpha value is -1.51. The van der Waals surface area contributed by atoms with Gasteiger partial charge in [-0.1, -0.05) is 12.6 Å². The van der Waals surface area contributed by atoms with Crippen LogP contribution in [0, 0.1) is 11.6 Å². The van der Waals surface area contributed by atoms with Crippen LogP contribution in [0.25, 0.3) is 0 Å². The first-order chi connectivity index (χ1) is 8.79. The van der Waals surface area contributed by atoms with Crippen molar-refractivity contribution in [1.29, 1.82) is 0 Å². The van der Waals surface area contributed by atoms with E-state index in [4.69, 9.17) is 11.6 Å². The Morgan fingerprint density at radius 3 is 2.47 bits per heavy atom. The fourth-order valence-corrected chi connectivity index (χ4v) is 2.51. The minimum atomic E-state index is -4.46. The van der Waals surface area contributed by atoms with Crippen LogP contribution in [0.15, 0.2) is 40.9 Å². The van der Waals surface area contributed by atoms with E-state index in [1.807, 2.05) is 4.83 Å². The summed E-state index contributed by atoms with van der Waals surface area (Å²) in [5.41, 5.74) is 0. The van der Waals surface area contributed by atoms with E-state index in [-0.39, 0.29) is 5.29 Å². The Bertz CT molecular complexity index is 599. The van der Waals surface area contributed by atoms with Crippen molar-refractivity contribution >= 4 is 26.9 Å². The van der Waals surface area contributed by atoms with Crippen LogP contribution in [0.4, 0.5) is 8.78 Å². The summed E-state index contributed by atoms with van der Waals surface area (Å²) < 4.78 is 50.4. The fraction of sp³-hybridized carbons (Fsp3) is 0.100. The van der Waals surface area contributed by atoms with Crippen LogP contribution in [0.2, 0.25) is 0 Å². The normalized spacial score (nSPS) is 12.3. The number of halogens is 3. The highest BCUT2D eigenvalue weighted by molar-refractivity contribution is 7.89. The highest BCUT2D eigenvalue weighted by atomic mass is 35.5. The summed E-state index contributed by atoms with van der Waals surface area (Å²) in [6, 6.07) is 2.72. The molecule has 0 heterocycles. The van der Waals surface area contributed by atoms with E-state index < -0.39 is 26.6 Å². The van der Waals surface area contributed by atoms with E-state index in [1.54, 1.807) is 0 Å². The van der Waals surface area contributed by atoms with Crippen molar-refractivity contribution in [2.45, 2.75) is 4.90 Å². The van der Waals surface area contributed by atoms with Crippen LogP contribution in [-0.4, -0.2) is 25.8 Å². The number of benzene rings is 1. The average Bonchev–Trinajstić information content (AvgIpc) is 2.27. The molecule has 0 atom stereocenters. The lowest BCUT2D eigenvalue weighted by atomic mass is 10.3. The van der Waals surface area contributed by atoms with Crippen molar-refractivity contribution in [3.05, 3.63) is 42.6 Å². The van der Waals surface area contributed by atoms with Crippen LogP contribution in [0.3, 0.4) is 0 Å². The molecule has 0 aliphatic heterocycles. The molecule has 0 aliphatic rings. The summed E-state index contributed by atoms with van der Waals surface area (Å²) in [5.74, 6) is -2.42. The molecule has 0 radical (unpaired) electrons. The van der Waals surface area contributed by atoms with Gasteiger partial charge in [-0.25, -0.2) is 22.2 Å². The van der Waals surface area contributed by atoms with E-state index in [1.165, 1.54) is 7.05 Å². The molecule has 0 aliphatic carbocycles. The number of amidine groups is 1. The van der Waals surface area contributed by atoms with Crippen LogP contribution in [0.5, 0.6) is 0 Å². The number of nitrogens with one attached hydrogen (secondary N) is 1. The van der Waals surface area contributed by atoms with Gasteiger partial charge in [0.25, 0.3) is 10.0 Å². The van der Waals surface area contributed by atoms with Crippen LogP contribution in [-0.2, 0) is 10.0 Å². The molecule has 5 nitrogen and oxygen atoms in total. The Balaban J connectivity index is 3.13. The van der Waals surface area contributed by atoms with Gasteiger partial charge in [0.05, 0.1) is 0 Å². The molecule has 0 bridgehead atoms. The summed E-state index contributed by atoms with van der Waals surface area (Å²) in [5, 5.41) is 0.514. The van der Waals surface area contributed by atoms with Gasteiger partial charge in [-0.15, -0.1) is 4.83 Å². The molecule has 1 N–H and O–H groups in total. The average molecular weight is 310 g/mol. The third-order valence-electron chi connectivity index (χ3n) is 1.92. The largest absolute Gasteiger partial charge is 0.272 e. The zero-order valence-corrected chi connectivity index (χ0v) is 11.3. The van der Waals surface area contributed by atoms with E-state index >= 15 is 0 Å². The molecule has 0 saturated heterocycles. The fourth-order valence-electron chi connectivity index (χ4n) is 1.16. The Morgan fingerprint density at radius 1 is 1.47 bits per heavy atom. The minimum Gasteiger partial charge on any atom is -0.272 e. The second-order valence-electron chi connectivity index (χ2n) is 3.29. The van der Waals surface area contributed by atoms with Crippen molar-refractivity contribution in [3.8, 4) is 0 Å². The topological polar surface area (TPSA) is 61.8 Å². The molecule has 0 spiro atoms. The van der Waals surface area contributed by atoms with Crippen molar-refractivity contribution in [3.63, 3.8) is 0 Å². The van der Waals surface area contributed by atoms with E-state index in [9.17, 15) is 17.2 Å². The number of nitrogens with zero attached hydrogens (tertiary/aromatic N) is 2. The number of hydrazine groups is 1. The quantitative estimate of drug-likeness (QED) is 0.399. The van der Waals surface area contributed by atoms with Gasteiger partial charge in [-0.05, 0) is 23.7 Å². The molecule has 0 unspecified atom stereocenters. The second kappa shape index (κ2) is 6.09. The van der Waals surface area contributed by atoms with Crippen LogP contribution < -0.4 is 4.83 Å². The van der Waals surface area contributed by atoms with Gasteiger partial charge in [0.1, 0.15) is 11.6 Å². The monoisotopic (exact) mass is 309 g/mol. The van der Waals surface area contributed by atoms with Crippen molar-refractivity contribution in [2.24, 2.45) is 4.99 Å². The lowest BCUT2D eigenvalue weighted by Crippen LogP contribution is -2.41. The van der Waals surface area contributed by atoms with Crippen molar-refractivity contribution in [1.82, 2.24) is 9.84 Å². The first-order valence-corrected chi connectivity index (χ1v) is 6.70. The van der Waals surface area contributed by atoms with Crippen LogP contribution >= 0.6 is 11.6 Å². The number of sulfonamides is 1. The zero-order valence-electron chi connectivity index (χ0n) is 9.77. The molecule has 9 heteroatoms. The highest BCUT2D eigenvalue weighted by Gasteiger charge is 2.25. The maximum atomic E-state index is 13.4. The standard InChI is InChI=1S/C10H10ClF2N3O2S/c1-3-14-10(11)16(2)15-19(17,18)9-7(12)5-4-6-8(9)13/h3-6,15H,1H2,2H3/b14-10-. The first kappa shape index (κ1) is 15.5. The van der Waals surface area contributed by atoms with Crippen LogP contribution in [0.1, 0.15) is 0 Å². The second-order valence-corrected chi connectivity index (χ2v) is 5.22. The maximum absolute atomic E-state index is 13.4. The molecule has 104 valence electrons. The zero-order chi connectivity index (χ0) is 14.6. The van der Waals surface area contributed by atoms with Gasteiger partial charge in [0, 0.05) is 13.2 Å². The predicted molar refractivity (Wildman–Crippen MR) is 67.9 cm³/mol. The summed E-state index contributed by atoms with van der Waals surface area (Å²) in [4.78, 5) is 4.27.